The summed E-state index contributed by atoms with van der Waals surface area (Å²) in [6.07, 6.45) is 2.54. The van der Waals surface area contributed by atoms with Gasteiger partial charge in [-0.05, 0) is 19.9 Å². The number of carbonyl (C=O) groups is 1. The molecule has 80 valence electrons. The molecule has 0 spiro atoms. The fraction of sp³-hybridized carbons (Fsp3) is 0.667. The van der Waals surface area contributed by atoms with Crippen molar-refractivity contribution in [3.8, 4) is 0 Å². The molecular formula is C12H21NO. The zero-order chi connectivity index (χ0) is 11.4. The first-order valence-corrected chi connectivity index (χ1v) is 4.91. The smallest absolute Gasteiger partial charge is 0.133 e. The van der Waals surface area contributed by atoms with Crippen LogP contribution in [0.15, 0.2) is 16.6 Å². The third-order valence-corrected chi connectivity index (χ3v) is 1.92. The molecule has 0 radical (unpaired) electrons. The number of carbonyl (C=O) groups excluding carboxylic acids is 1. The van der Waals surface area contributed by atoms with E-state index >= 15 is 0 Å². The summed E-state index contributed by atoms with van der Waals surface area (Å²) in [6.45, 7) is 9.93. The van der Waals surface area contributed by atoms with Crippen LogP contribution in [-0.4, -0.2) is 18.5 Å². The minimum Gasteiger partial charge on any atom is -0.300 e. The van der Waals surface area contributed by atoms with Gasteiger partial charge in [-0.15, -0.1) is 0 Å². The lowest BCUT2D eigenvalue weighted by Gasteiger charge is -2.19. The second-order valence-electron chi connectivity index (χ2n) is 4.73. The van der Waals surface area contributed by atoms with Gasteiger partial charge in [-0.25, -0.2) is 0 Å². The largest absolute Gasteiger partial charge is 0.300 e. The average Bonchev–Trinajstić information content (AvgIpc) is 1.96. The number of rotatable bonds is 3. The highest BCUT2D eigenvalue weighted by molar-refractivity contribution is 5.99. The standard InChI is InChI=1S/C12H21NO/c1-9(7-10(2)14)8-11(13-6)12(3,4)5/h8H,7H2,1-6H3/b9-8+,13-11+. The Hall–Kier alpha value is -0.920. The lowest BCUT2D eigenvalue weighted by molar-refractivity contribution is -0.116. The molecule has 0 fully saturated rings. The first-order valence-electron chi connectivity index (χ1n) is 4.91. The van der Waals surface area contributed by atoms with Crippen molar-refractivity contribution in [2.24, 2.45) is 10.4 Å². The van der Waals surface area contributed by atoms with Crippen LogP contribution in [-0.2, 0) is 4.79 Å². The topological polar surface area (TPSA) is 29.4 Å². The van der Waals surface area contributed by atoms with E-state index in [4.69, 9.17) is 0 Å². The van der Waals surface area contributed by atoms with Crippen LogP contribution in [0.1, 0.15) is 41.0 Å². The van der Waals surface area contributed by atoms with E-state index in [2.05, 4.69) is 25.8 Å². The minimum absolute atomic E-state index is 0.0484. The van der Waals surface area contributed by atoms with Gasteiger partial charge >= 0.3 is 0 Å². The van der Waals surface area contributed by atoms with Crippen molar-refractivity contribution in [2.75, 3.05) is 7.05 Å². The molecule has 0 aromatic rings. The average molecular weight is 195 g/mol. The lowest BCUT2D eigenvalue weighted by Crippen LogP contribution is -2.18. The van der Waals surface area contributed by atoms with Crippen molar-refractivity contribution in [3.05, 3.63) is 11.6 Å². The normalized spacial score (nSPS) is 14.4. The van der Waals surface area contributed by atoms with Crippen molar-refractivity contribution in [1.29, 1.82) is 0 Å². The van der Waals surface area contributed by atoms with Crippen molar-refractivity contribution >= 4 is 11.5 Å². The van der Waals surface area contributed by atoms with E-state index in [1.54, 1.807) is 14.0 Å². The van der Waals surface area contributed by atoms with Crippen LogP contribution in [0.25, 0.3) is 0 Å². The van der Waals surface area contributed by atoms with Gasteiger partial charge in [-0.2, -0.15) is 0 Å². The Balaban J connectivity index is 4.70. The molecule has 0 aromatic heterocycles. The second kappa shape index (κ2) is 5.08. The predicted octanol–water partition coefficient (Wildman–Crippen LogP) is 3.03. The monoisotopic (exact) mass is 195 g/mol. The van der Waals surface area contributed by atoms with Crippen LogP contribution >= 0.6 is 0 Å². The summed E-state index contributed by atoms with van der Waals surface area (Å²) in [7, 11) is 1.79. The molecule has 0 aromatic carbocycles. The molecule has 0 atom stereocenters. The Morgan fingerprint density at radius 1 is 1.29 bits per heavy atom. The molecule has 0 amide bonds. The predicted molar refractivity (Wildman–Crippen MR) is 61.9 cm³/mol. The Labute approximate surface area is 87.1 Å². The highest BCUT2D eigenvalue weighted by Gasteiger charge is 2.16. The Morgan fingerprint density at radius 2 is 1.79 bits per heavy atom. The molecule has 0 aliphatic heterocycles. The van der Waals surface area contributed by atoms with Crippen LogP contribution in [0.4, 0.5) is 0 Å². The van der Waals surface area contributed by atoms with E-state index in [-0.39, 0.29) is 11.2 Å². The molecule has 0 rings (SSSR count). The zero-order valence-corrected chi connectivity index (χ0v) is 10.1. The number of ketones is 1. The maximum absolute atomic E-state index is 10.9. The Kier molecular flexibility index (Phi) is 4.75. The molecule has 2 nitrogen and oxygen atoms in total. The Morgan fingerprint density at radius 3 is 2.07 bits per heavy atom. The summed E-state index contributed by atoms with van der Waals surface area (Å²) in [5.41, 5.74) is 2.16. The number of nitrogens with zero attached hydrogens (tertiary/aromatic N) is 1. The first-order chi connectivity index (χ1) is 6.27. The number of hydrogen-bond acceptors (Lipinski definition) is 2. The maximum atomic E-state index is 10.9. The van der Waals surface area contributed by atoms with Gasteiger partial charge < -0.3 is 0 Å². The molecule has 0 bridgehead atoms. The number of Topliss-reactive ketones (excluding diaryl/α,β-unsaturated/α-hetero) is 1. The first kappa shape index (κ1) is 13.1. The second-order valence-corrected chi connectivity index (χ2v) is 4.73. The molecule has 14 heavy (non-hydrogen) atoms. The van der Waals surface area contributed by atoms with Crippen LogP contribution in [0.5, 0.6) is 0 Å². The molecule has 0 saturated carbocycles. The number of hydrogen-bond donors (Lipinski definition) is 0. The van der Waals surface area contributed by atoms with Gasteiger partial charge in [-0.1, -0.05) is 26.3 Å². The van der Waals surface area contributed by atoms with Crippen LogP contribution in [0.3, 0.4) is 0 Å². The van der Waals surface area contributed by atoms with E-state index in [1.165, 1.54) is 0 Å². The third kappa shape index (κ3) is 4.95. The summed E-state index contributed by atoms with van der Waals surface area (Å²) in [5.74, 6) is 0.197. The molecule has 0 N–H and O–H groups in total. The Bertz CT molecular complexity index is 267. The fourth-order valence-electron chi connectivity index (χ4n) is 1.29. The number of aliphatic imine (C=N–C) groups is 1. The van der Waals surface area contributed by atoms with Gasteiger partial charge in [0.15, 0.2) is 0 Å². The summed E-state index contributed by atoms with van der Waals surface area (Å²) in [5, 5.41) is 0. The van der Waals surface area contributed by atoms with Gasteiger partial charge in [0.1, 0.15) is 5.78 Å². The van der Waals surface area contributed by atoms with Gasteiger partial charge in [0.25, 0.3) is 0 Å². The van der Waals surface area contributed by atoms with Crippen LogP contribution in [0.2, 0.25) is 0 Å². The van der Waals surface area contributed by atoms with E-state index in [9.17, 15) is 4.79 Å². The lowest BCUT2D eigenvalue weighted by atomic mass is 9.88. The van der Waals surface area contributed by atoms with Gasteiger partial charge in [0.05, 0.1) is 0 Å². The summed E-state index contributed by atoms with van der Waals surface area (Å²) in [4.78, 5) is 15.1. The zero-order valence-electron chi connectivity index (χ0n) is 10.1. The summed E-state index contributed by atoms with van der Waals surface area (Å²) < 4.78 is 0. The molecule has 0 aliphatic rings. The van der Waals surface area contributed by atoms with E-state index in [0.717, 1.165) is 11.3 Å². The summed E-state index contributed by atoms with van der Waals surface area (Å²) >= 11 is 0. The summed E-state index contributed by atoms with van der Waals surface area (Å²) in [6, 6.07) is 0. The van der Waals surface area contributed by atoms with Crippen molar-refractivity contribution in [2.45, 2.75) is 41.0 Å². The van der Waals surface area contributed by atoms with E-state index < -0.39 is 0 Å². The third-order valence-electron chi connectivity index (χ3n) is 1.92. The van der Waals surface area contributed by atoms with Crippen LogP contribution in [0, 0.1) is 5.41 Å². The van der Waals surface area contributed by atoms with Gasteiger partial charge in [0.2, 0.25) is 0 Å². The SMILES string of the molecule is C/N=C(\C=C(/C)CC(C)=O)C(C)(C)C. The molecule has 0 heterocycles. The van der Waals surface area contributed by atoms with Crippen molar-refractivity contribution in [3.63, 3.8) is 0 Å². The number of allylic oxidation sites excluding steroid dienone is 2. The quantitative estimate of drug-likeness (QED) is 0.636. The fourth-order valence-corrected chi connectivity index (χ4v) is 1.29. The molecule has 0 saturated heterocycles. The van der Waals surface area contributed by atoms with E-state index in [1.807, 2.05) is 13.0 Å². The molecule has 0 aliphatic carbocycles. The van der Waals surface area contributed by atoms with E-state index in [0.29, 0.717) is 6.42 Å². The van der Waals surface area contributed by atoms with Gasteiger partial charge in [0, 0.05) is 24.6 Å². The maximum Gasteiger partial charge on any atom is 0.133 e. The highest BCUT2D eigenvalue weighted by Crippen LogP contribution is 2.18. The van der Waals surface area contributed by atoms with Gasteiger partial charge in [-0.3, -0.25) is 9.79 Å². The molecule has 2 heteroatoms. The highest BCUT2D eigenvalue weighted by atomic mass is 16.1. The molecular weight excluding hydrogens is 174 g/mol. The minimum atomic E-state index is 0.0484. The van der Waals surface area contributed by atoms with Crippen molar-refractivity contribution in [1.82, 2.24) is 0 Å². The molecule has 0 unspecified atom stereocenters. The van der Waals surface area contributed by atoms with Crippen LogP contribution < -0.4 is 0 Å². The van der Waals surface area contributed by atoms with Crippen molar-refractivity contribution < 1.29 is 4.79 Å².